The maximum Gasteiger partial charge on any atom is 0.266 e. The first-order chi connectivity index (χ1) is 13.0. The molecule has 0 aliphatic carbocycles. The number of aliphatic imine (C=N–C) groups is 1. The largest absolute Gasteiger partial charge is 0.493 e. The van der Waals surface area contributed by atoms with E-state index < -0.39 is 0 Å². The lowest BCUT2D eigenvalue weighted by Crippen LogP contribution is -2.35. The summed E-state index contributed by atoms with van der Waals surface area (Å²) in [7, 11) is 0. The molecule has 2 aromatic carbocycles. The summed E-state index contributed by atoms with van der Waals surface area (Å²) in [5.74, 6) is 0.757. The van der Waals surface area contributed by atoms with Crippen molar-refractivity contribution >= 4 is 34.6 Å². The molecule has 1 heterocycles. The number of para-hydroxylation sites is 1. The number of carbonyl (C=O) groups excluding carboxylic acids is 1. The molecule has 1 fully saturated rings. The summed E-state index contributed by atoms with van der Waals surface area (Å²) in [6.45, 7) is 8.58. The van der Waals surface area contributed by atoms with E-state index in [4.69, 9.17) is 9.73 Å². The maximum absolute atomic E-state index is 13.0. The van der Waals surface area contributed by atoms with Crippen LogP contribution in [-0.2, 0) is 4.79 Å². The number of amides is 1. The van der Waals surface area contributed by atoms with Gasteiger partial charge in [-0.3, -0.25) is 9.69 Å². The highest BCUT2D eigenvalue weighted by Crippen LogP contribution is 2.36. The number of aryl methyl sites for hydroxylation is 1. The number of nitrogens with zero attached hydrogens (tertiary/aromatic N) is 2. The number of rotatable bonds is 5. The fourth-order valence-electron chi connectivity index (χ4n) is 2.78. The van der Waals surface area contributed by atoms with Crippen molar-refractivity contribution < 1.29 is 9.53 Å². The fourth-order valence-corrected chi connectivity index (χ4v) is 3.89. The molecule has 0 spiro atoms. The topological polar surface area (TPSA) is 41.9 Å². The summed E-state index contributed by atoms with van der Waals surface area (Å²) in [5, 5.41) is 0.707. The molecular formula is C22H24N2O2S. The van der Waals surface area contributed by atoms with Gasteiger partial charge in [0.2, 0.25) is 0 Å². The first-order valence-corrected chi connectivity index (χ1v) is 9.91. The molecule has 0 unspecified atom stereocenters. The SMILES string of the molecule is CCOc1ccccc1/C=C1/SC(=Nc2ccc(C)cc2)N(C(C)C)C1=O. The van der Waals surface area contributed by atoms with Gasteiger partial charge < -0.3 is 4.74 Å². The summed E-state index contributed by atoms with van der Waals surface area (Å²) in [5.41, 5.74) is 2.93. The number of thioether (sulfide) groups is 1. The van der Waals surface area contributed by atoms with Crippen LogP contribution in [0.1, 0.15) is 31.9 Å². The van der Waals surface area contributed by atoms with Gasteiger partial charge in [0.15, 0.2) is 5.17 Å². The molecule has 1 saturated heterocycles. The first kappa shape index (κ1) is 19.2. The Morgan fingerprint density at radius 3 is 2.52 bits per heavy atom. The van der Waals surface area contributed by atoms with Crippen LogP contribution in [-0.4, -0.2) is 28.6 Å². The van der Waals surface area contributed by atoms with Gasteiger partial charge in [-0.15, -0.1) is 0 Å². The second kappa shape index (κ2) is 8.44. The van der Waals surface area contributed by atoms with Gasteiger partial charge in [0.1, 0.15) is 5.75 Å². The lowest BCUT2D eigenvalue weighted by atomic mass is 10.2. The van der Waals surface area contributed by atoms with Crippen LogP contribution in [0.2, 0.25) is 0 Å². The normalized spacial score (nSPS) is 17.4. The molecule has 3 rings (SSSR count). The molecular weight excluding hydrogens is 356 g/mol. The van der Waals surface area contributed by atoms with Crippen LogP contribution in [0.15, 0.2) is 58.4 Å². The monoisotopic (exact) mass is 380 g/mol. The number of benzene rings is 2. The van der Waals surface area contributed by atoms with E-state index in [0.717, 1.165) is 17.0 Å². The van der Waals surface area contributed by atoms with Crippen molar-refractivity contribution in [2.24, 2.45) is 4.99 Å². The van der Waals surface area contributed by atoms with E-state index in [2.05, 4.69) is 0 Å². The molecule has 1 aliphatic rings. The molecule has 4 nitrogen and oxygen atoms in total. The van der Waals surface area contributed by atoms with Crippen molar-refractivity contribution in [1.82, 2.24) is 4.90 Å². The molecule has 0 aromatic heterocycles. The van der Waals surface area contributed by atoms with Crippen molar-refractivity contribution in [3.63, 3.8) is 0 Å². The van der Waals surface area contributed by atoms with E-state index >= 15 is 0 Å². The number of carbonyl (C=O) groups is 1. The fraction of sp³-hybridized carbons (Fsp3) is 0.273. The minimum absolute atomic E-state index is 0.0211. The molecule has 0 radical (unpaired) electrons. The predicted octanol–water partition coefficient (Wildman–Crippen LogP) is 5.41. The minimum atomic E-state index is -0.0211. The van der Waals surface area contributed by atoms with E-state index in [1.165, 1.54) is 17.3 Å². The molecule has 140 valence electrons. The Kier molecular flexibility index (Phi) is 6.01. The van der Waals surface area contributed by atoms with Crippen LogP contribution >= 0.6 is 11.8 Å². The van der Waals surface area contributed by atoms with Gasteiger partial charge in [0, 0.05) is 11.6 Å². The highest BCUT2D eigenvalue weighted by molar-refractivity contribution is 8.18. The summed E-state index contributed by atoms with van der Waals surface area (Å²) in [4.78, 5) is 20.1. The second-order valence-corrected chi connectivity index (χ2v) is 7.59. The summed E-state index contributed by atoms with van der Waals surface area (Å²) < 4.78 is 5.68. The lowest BCUT2D eigenvalue weighted by molar-refractivity contribution is -0.123. The van der Waals surface area contributed by atoms with E-state index in [1.807, 2.05) is 82.3 Å². The van der Waals surface area contributed by atoms with Gasteiger partial charge in [0.25, 0.3) is 5.91 Å². The van der Waals surface area contributed by atoms with Gasteiger partial charge in [-0.05, 0) is 63.7 Å². The van der Waals surface area contributed by atoms with Gasteiger partial charge in [-0.2, -0.15) is 0 Å². The third-order valence-corrected chi connectivity index (χ3v) is 5.10. The van der Waals surface area contributed by atoms with Crippen LogP contribution < -0.4 is 4.74 Å². The van der Waals surface area contributed by atoms with Crippen LogP contribution in [0.4, 0.5) is 5.69 Å². The predicted molar refractivity (Wildman–Crippen MR) is 113 cm³/mol. The standard InChI is InChI=1S/C22H24N2O2S/c1-5-26-19-9-7-6-8-17(19)14-20-21(25)24(15(2)3)22(27-20)23-18-12-10-16(4)11-13-18/h6-15H,5H2,1-4H3/b20-14+,23-22?. The van der Waals surface area contributed by atoms with Gasteiger partial charge in [-0.25, -0.2) is 4.99 Å². The maximum atomic E-state index is 13.0. The van der Waals surface area contributed by atoms with Crippen LogP contribution in [0, 0.1) is 6.92 Å². The van der Waals surface area contributed by atoms with Gasteiger partial charge in [-0.1, -0.05) is 35.9 Å². The Hall–Kier alpha value is -2.53. The zero-order valence-corrected chi connectivity index (χ0v) is 16.9. The molecule has 2 aromatic rings. The van der Waals surface area contributed by atoms with Crippen LogP contribution in [0.5, 0.6) is 5.75 Å². The van der Waals surface area contributed by atoms with Crippen molar-refractivity contribution in [1.29, 1.82) is 0 Å². The third-order valence-electron chi connectivity index (χ3n) is 4.12. The zero-order chi connectivity index (χ0) is 19.4. The molecule has 1 aliphatic heterocycles. The Morgan fingerprint density at radius 2 is 1.85 bits per heavy atom. The van der Waals surface area contributed by atoms with Gasteiger partial charge in [0.05, 0.1) is 17.2 Å². The smallest absolute Gasteiger partial charge is 0.266 e. The molecule has 0 atom stereocenters. The number of ether oxygens (including phenoxy) is 1. The van der Waals surface area contributed by atoms with E-state index in [1.54, 1.807) is 4.90 Å². The highest BCUT2D eigenvalue weighted by Gasteiger charge is 2.35. The Labute approximate surface area is 164 Å². The van der Waals surface area contributed by atoms with Gasteiger partial charge >= 0.3 is 0 Å². The van der Waals surface area contributed by atoms with E-state index in [0.29, 0.717) is 16.7 Å². The van der Waals surface area contributed by atoms with Crippen molar-refractivity contribution in [3.05, 3.63) is 64.6 Å². The first-order valence-electron chi connectivity index (χ1n) is 9.10. The number of amidine groups is 1. The average Bonchev–Trinajstić information content (AvgIpc) is 2.94. The zero-order valence-electron chi connectivity index (χ0n) is 16.1. The van der Waals surface area contributed by atoms with Crippen molar-refractivity contribution in [2.75, 3.05) is 6.61 Å². The van der Waals surface area contributed by atoms with E-state index in [-0.39, 0.29) is 11.9 Å². The quantitative estimate of drug-likeness (QED) is 0.652. The molecule has 0 N–H and O–H groups in total. The Balaban J connectivity index is 1.97. The van der Waals surface area contributed by atoms with E-state index in [9.17, 15) is 4.79 Å². The third kappa shape index (κ3) is 4.42. The second-order valence-electron chi connectivity index (χ2n) is 6.58. The number of hydrogen-bond acceptors (Lipinski definition) is 4. The molecule has 0 bridgehead atoms. The van der Waals surface area contributed by atoms with Crippen molar-refractivity contribution in [3.8, 4) is 5.75 Å². The molecule has 0 saturated carbocycles. The minimum Gasteiger partial charge on any atom is -0.493 e. The summed E-state index contributed by atoms with van der Waals surface area (Å²) >= 11 is 1.41. The Bertz CT molecular complexity index is 885. The highest BCUT2D eigenvalue weighted by atomic mass is 32.2. The summed E-state index contributed by atoms with van der Waals surface area (Å²) in [6.07, 6.45) is 1.89. The summed E-state index contributed by atoms with van der Waals surface area (Å²) in [6, 6.07) is 15.8. The van der Waals surface area contributed by atoms with Crippen LogP contribution in [0.3, 0.4) is 0 Å². The molecule has 5 heteroatoms. The average molecular weight is 381 g/mol. The Morgan fingerprint density at radius 1 is 1.15 bits per heavy atom. The van der Waals surface area contributed by atoms with Crippen LogP contribution in [0.25, 0.3) is 6.08 Å². The lowest BCUT2D eigenvalue weighted by Gasteiger charge is -2.19. The van der Waals surface area contributed by atoms with Crippen molar-refractivity contribution in [2.45, 2.75) is 33.7 Å². The number of hydrogen-bond donors (Lipinski definition) is 0. The molecule has 1 amide bonds. The molecule has 27 heavy (non-hydrogen) atoms.